The molecular weight excluding hydrogens is 228 g/mol. The highest BCUT2D eigenvalue weighted by atomic mass is 32.2. The fraction of sp³-hybridized carbons (Fsp3) is 0.300. The van der Waals surface area contributed by atoms with Crippen molar-refractivity contribution in [1.82, 2.24) is 5.32 Å². The van der Waals surface area contributed by atoms with Crippen molar-refractivity contribution < 1.29 is 13.0 Å². The largest absolute Gasteiger partial charge is 0.375 e. The summed E-state index contributed by atoms with van der Waals surface area (Å²) in [6, 6.07) is 5.99. The minimum Gasteiger partial charge on any atom is -0.375 e. The first-order valence-corrected chi connectivity index (χ1v) is 6.20. The lowest BCUT2D eigenvalue weighted by Gasteiger charge is -1.95. The Morgan fingerprint density at radius 3 is 2.25 bits per heavy atom. The van der Waals surface area contributed by atoms with Gasteiger partial charge in [0.25, 0.3) is 10.1 Å². The van der Waals surface area contributed by atoms with E-state index < -0.39 is 10.1 Å². The van der Waals surface area contributed by atoms with Gasteiger partial charge in [-0.1, -0.05) is 17.7 Å². The number of aryl methyl sites for hydroxylation is 1. The van der Waals surface area contributed by atoms with E-state index in [1.807, 2.05) is 6.92 Å². The van der Waals surface area contributed by atoms with Gasteiger partial charge in [-0.15, -0.1) is 0 Å². The maximum Gasteiger partial charge on any atom is 0.294 e. The lowest BCUT2D eigenvalue weighted by atomic mass is 10.2. The topological polar surface area (TPSA) is 78.8 Å². The second kappa shape index (κ2) is 5.62. The van der Waals surface area contributed by atoms with Crippen LogP contribution in [0, 0.1) is 6.92 Å². The fourth-order valence-electron chi connectivity index (χ4n) is 1.03. The molecule has 1 aliphatic heterocycles. The molecule has 0 aliphatic carbocycles. The molecule has 0 amide bonds. The lowest BCUT2D eigenvalue weighted by molar-refractivity contribution is 0.483. The molecule has 5 nitrogen and oxygen atoms in total. The van der Waals surface area contributed by atoms with Crippen LogP contribution in [0.2, 0.25) is 0 Å². The average Bonchev–Trinajstić information content (AvgIpc) is 2.74. The zero-order valence-electron chi connectivity index (χ0n) is 8.92. The minimum atomic E-state index is -4.02. The molecule has 0 saturated carbocycles. The molecule has 2 rings (SSSR count). The zero-order valence-corrected chi connectivity index (χ0v) is 9.74. The van der Waals surface area contributed by atoms with Crippen LogP contribution in [0.15, 0.2) is 34.2 Å². The molecule has 0 fully saturated rings. The van der Waals surface area contributed by atoms with Gasteiger partial charge in [-0.05, 0) is 19.1 Å². The molecule has 16 heavy (non-hydrogen) atoms. The Balaban J connectivity index is 0.000000212. The summed E-state index contributed by atoms with van der Waals surface area (Å²) in [6.45, 7) is 3.83. The maximum atomic E-state index is 10.5. The van der Waals surface area contributed by atoms with Gasteiger partial charge in [0.2, 0.25) is 0 Å². The molecule has 0 bridgehead atoms. The van der Waals surface area contributed by atoms with Gasteiger partial charge in [-0.2, -0.15) is 8.42 Å². The Morgan fingerprint density at radius 2 is 1.94 bits per heavy atom. The predicted molar refractivity (Wildman–Crippen MR) is 62.4 cm³/mol. The highest BCUT2D eigenvalue weighted by molar-refractivity contribution is 7.85. The van der Waals surface area contributed by atoms with Crippen molar-refractivity contribution in [3.8, 4) is 0 Å². The van der Waals surface area contributed by atoms with Crippen molar-refractivity contribution in [2.24, 2.45) is 4.99 Å². The van der Waals surface area contributed by atoms with E-state index in [9.17, 15) is 8.42 Å². The van der Waals surface area contributed by atoms with Crippen LogP contribution in [0.1, 0.15) is 5.56 Å². The van der Waals surface area contributed by atoms with E-state index in [4.69, 9.17) is 4.55 Å². The fourth-order valence-corrected chi connectivity index (χ4v) is 1.51. The van der Waals surface area contributed by atoms with Crippen LogP contribution in [0.4, 0.5) is 0 Å². The predicted octanol–water partition coefficient (Wildman–Crippen LogP) is 0.860. The Kier molecular flexibility index (Phi) is 4.45. The molecule has 0 spiro atoms. The number of aliphatic imine (C=N–C) groups is 1. The number of hydrogen-bond acceptors (Lipinski definition) is 4. The molecule has 0 aromatic heterocycles. The van der Waals surface area contributed by atoms with Crippen LogP contribution in [0.3, 0.4) is 0 Å². The number of nitrogens with zero attached hydrogens (tertiary/aromatic N) is 1. The molecule has 1 aromatic rings. The van der Waals surface area contributed by atoms with Crippen molar-refractivity contribution in [2.45, 2.75) is 11.8 Å². The van der Waals surface area contributed by atoms with Gasteiger partial charge in [0.1, 0.15) is 0 Å². The first-order valence-electron chi connectivity index (χ1n) is 4.76. The Labute approximate surface area is 95.0 Å². The normalized spacial score (nSPS) is 13.9. The van der Waals surface area contributed by atoms with Crippen LogP contribution in [0.5, 0.6) is 0 Å². The first kappa shape index (κ1) is 12.7. The summed E-state index contributed by atoms with van der Waals surface area (Å²) >= 11 is 0. The number of nitrogens with one attached hydrogen (secondary N) is 1. The van der Waals surface area contributed by atoms with Crippen LogP contribution in [-0.4, -0.2) is 32.4 Å². The van der Waals surface area contributed by atoms with Gasteiger partial charge >= 0.3 is 0 Å². The van der Waals surface area contributed by atoms with E-state index in [0.717, 1.165) is 18.7 Å². The molecule has 0 saturated heterocycles. The van der Waals surface area contributed by atoms with Crippen LogP contribution in [0.25, 0.3) is 0 Å². The third-order valence-electron chi connectivity index (χ3n) is 1.89. The summed E-state index contributed by atoms with van der Waals surface area (Å²) in [4.78, 5) is 3.78. The van der Waals surface area contributed by atoms with Gasteiger partial charge in [-0.3, -0.25) is 9.55 Å². The third-order valence-corrected chi connectivity index (χ3v) is 2.75. The minimum absolute atomic E-state index is 0.0666. The number of hydrogen-bond donors (Lipinski definition) is 2. The number of benzene rings is 1. The Hall–Kier alpha value is -1.40. The zero-order chi connectivity index (χ0) is 12.0. The van der Waals surface area contributed by atoms with Gasteiger partial charge in [0.05, 0.1) is 17.8 Å². The highest BCUT2D eigenvalue weighted by Gasteiger charge is 2.06. The molecule has 0 unspecified atom stereocenters. The molecule has 2 N–H and O–H groups in total. The van der Waals surface area contributed by atoms with Gasteiger partial charge < -0.3 is 5.32 Å². The first-order chi connectivity index (χ1) is 7.50. The molecule has 1 aromatic carbocycles. The van der Waals surface area contributed by atoms with E-state index in [1.165, 1.54) is 12.1 Å². The molecule has 0 radical (unpaired) electrons. The van der Waals surface area contributed by atoms with Crippen molar-refractivity contribution in [1.29, 1.82) is 0 Å². The third kappa shape index (κ3) is 4.41. The lowest BCUT2D eigenvalue weighted by Crippen LogP contribution is -2.04. The van der Waals surface area contributed by atoms with Crippen LogP contribution >= 0.6 is 0 Å². The molecule has 88 valence electrons. The molecule has 6 heteroatoms. The second-order valence-corrected chi connectivity index (χ2v) is 4.70. The van der Waals surface area contributed by atoms with Crippen molar-refractivity contribution in [3.63, 3.8) is 0 Å². The van der Waals surface area contributed by atoms with E-state index in [-0.39, 0.29) is 4.90 Å². The van der Waals surface area contributed by atoms with E-state index >= 15 is 0 Å². The summed E-state index contributed by atoms with van der Waals surface area (Å²) in [5, 5.41) is 2.93. The van der Waals surface area contributed by atoms with Crippen LogP contribution in [-0.2, 0) is 10.1 Å². The summed E-state index contributed by atoms with van der Waals surface area (Å²) in [6.07, 6.45) is 1.74. The average molecular weight is 242 g/mol. The van der Waals surface area contributed by atoms with Crippen molar-refractivity contribution in [2.75, 3.05) is 13.1 Å². The quantitative estimate of drug-likeness (QED) is 0.716. The highest BCUT2D eigenvalue weighted by Crippen LogP contribution is 2.08. The van der Waals surface area contributed by atoms with Gasteiger partial charge in [-0.25, -0.2) is 0 Å². The van der Waals surface area contributed by atoms with E-state index in [1.54, 1.807) is 18.5 Å². The Bertz CT molecular complexity index is 445. The standard InChI is InChI=1S/C7H8O3S.C3H6N2/c1-6-2-4-7(5-3-6)11(8,9)10;1-2-5-3-4-1/h2-5H,1H3,(H,8,9,10);3H,1-2H2,(H,4,5). The maximum absolute atomic E-state index is 10.5. The molecular formula is C10H14N2O3S. The van der Waals surface area contributed by atoms with E-state index in [0.29, 0.717) is 0 Å². The van der Waals surface area contributed by atoms with Crippen molar-refractivity contribution >= 4 is 16.5 Å². The van der Waals surface area contributed by atoms with Gasteiger partial charge in [0, 0.05) is 6.54 Å². The Morgan fingerprint density at radius 1 is 1.31 bits per heavy atom. The summed E-state index contributed by atoms with van der Waals surface area (Å²) in [5.41, 5.74) is 0.956. The smallest absolute Gasteiger partial charge is 0.294 e. The molecule has 1 aliphatic rings. The summed E-state index contributed by atoms with van der Waals surface area (Å²) in [7, 11) is -4.02. The van der Waals surface area contributed by atoms with Crippen molar-refractivity contribution in [3.05, 3.63) is 29.8 Å². The second-order valence-electron chi connectivity index (χ2n) is 3.28. The molecule has 0 atom stereocenters. The summed E-state index contributed by atoms with van der Waals surface area (Å²) in [5.74, 6) is 0. The molecule has 1 heterocycles. The monoisotopic (exact) mass is 242 g/mol. The van der Waals surface area contributed by atoms with E-state index in [2.05, 4.69) is 10.3 Å². The van der Waals surface area contributed by atoms with Gasteiger partial charge in [0.15, 0.2) is 0 Å². The number of rotatable bonds is 1. The SMILES string of the molecule is C1=NCCN1.Cc1ccc(S(=O)(=O)O)cc1. The summed E-state index contributed by atoms with van der Waals surface area (Å²) < 4.78 is 29.6. The van der Waals surface area contributed by atoms with Crippen LogP contribution < -0.4 is 5.32 Å².